The summed E-state index contributed by atoms with van der Waals surface area (Å²) in [6.07, 6.45) is 1.85. The topological polar surface area (TPSA) is 38.0 Å². The van der Waals surface area contributed by atoms with E-state index in [4.69, 9.17) is 5.11 Å². The van der Waals surface area contributed by atoms with E-state index < -0.39 is 0 Å². The van der Waals surface area contributed by atoms with Crippen LogP contribution >= 0.6 is 0 Å². The van der Waals surface area contributed by atoms with Gasteiger partial charge in [0.15, 0.2) is 0 Å². The van der Waals surface area contributed by atoms with Gasteiger partial charge in [0.05, 0.1) is 23.9 Å². The van der Waals surface area contributed by atoms with Crippen LogP contribution in [0.4, 0.5) is 0 Å². The lowest BCUT2D eigenvalue weighted by molar-refractivity contribution is 0.282. The van der Waals surface area contributed by atoms with Crippen molar-refractivity contribution in [1.29, 1.82) is 0 Å². The summed E-state index contributed by atoms with van der Waals surface area (Å²) in [7, 11) is 0. The van der Waals surface area contributed by atoms with Crippen LogP contribution in [0.2, 0.25) is 0 Å². The molecule has 0 spiro atoms. The van der Waals surface area contributed by atoms with E-state index in [1.165, 1.54) is 0 Å². The highest BCUT2D eigenvalue weighted by atomic mass is 16.3. The summed E-state index contributed by atoms with van der Waals surface area (Å²) < 4.78 is 2.00. The third-order valence-electron chi connectivity index (χ3n) is 2.45. The Kier molecular flexibility index (Phi) is 2.27. The van der Waals surface area contributed by atoms with Gasteiger partial charge in [-0.15, -0.1) is 0 Å². The molecule has 2 aromatic rings. The maximum absolute atomic E-state index is 9.04. The van der Waals surface area contributed by atoms with Crippen molar-refractivity contribution >= 4 is 10.9 Å². The number of benzene rings is 1. The van der Waals surface area contributed by atoms with Gasteiger partial charge in [-0.2, -0.15) is 5.10 Å². The molecule has 0 radical (unpaired) electrons. The second-order valence-electron chi connectivity index (χ2n) is 4.78. The Morgan fingerprint density at radius 3 is 2.67 bits per heavy atom. The molecule has 0 saturated heterocycles. The molecule has 80 valence electrons. The maximum atomic E-state index is 9.04. The molecule has 0 bridgehead atoms. The summed E-state index contributed by atoms with van der Waals surface area (Å²) in [5.41, 5.74) is 2.03. The highest BCUT2D eigenvalue weighted by molar-refractivity contribution is 5.79. The Morgan fingerprint density at radius 2 is 2.07 bits per heavy atom. The molecule has 1 heterocycles. The van der Waals surface area contributed by atoms with E-state index in [-0.39, 0.29) is 12.1 Å². The van der Waals surface area contributed by atoms with E-state index in [2.05, 4.69) is 25.9 Å². The van der Waals surface area contributed by atoms with Crippen LogP contribution in [0.5, 0.6) is 0 Å². The standard InChI is InChI=1S/C12H16N2O/c1-12(2,3)14-11-5-4-9(8-15)6-10(11)7-13-14/h4-7,15H,8H2,1-3H3. The zero-order valence-corrected chi connectivity index (χ0v) is 9.36. The fourth-order valence-corrected chi connectivity index (χ4v) is 1.72. The van der Waals surface area contributed by atoms with Crippen LogP contribution in [-0.4, -0.2) is 14.9 Å². The number of aromatic nitrogens is 2. The molecule has 0 amide bonds. The Labute approximate surface area is 89.3 Å². The molecular formula is C12H16N2O. The van der Waals surface area contributed by atoms with Crippen molar-refractivity contribution in [2.24, 2.45) is 0 Å². The molecule has 1 N–H and O–H groups in total. The zero-order valence-electron chi connectivity index (χ0n) is 9.36. The van der Waals surface area contributed by atoms with Gasteiger partial charge in [-0.05, 0) is 38.5 Å². The molecule has 3 heteroatoms. The number of aliphatic hydroxyl groups excluding tert-OH is 1. The predicted molar refractivity (Wildman–Crippen MR) is 60.7 cm³/mol. The van der Waals surface area contributed by atoms with Gasteiger partial charge in [-0.25, -0.2) is 0 Å². The van der Waals surface area contributed by atoms with Crippen molar-refractivity contribution in [2.45, 2.75) is 32.9 Å². The molecule has 0 aliphatic carbocycles. The number of aliphatic hydroxyl groups is 1. The minimum atomic E-state index is -0.0114. The first kappa shape index (κ1) is 10.2. The Bertz CT molecular complexity index is 480. The van der Waals surface area contributed by atoms with Gasteiger partial charge in [0.1, 0.15) is 0 Å². The fourth-order valence-electron chi connectivity index (χ4n) is 1.72. The lowest BCUT2D eigenvalue weighted by Crippen LogP contribution is -2.22. The lowest BCUT2D eigenvalue weighted by Gasteiger charge is -2.20. The summed E-state index contributed by atoms with van der Waals surface area (Å²) in [6.45, 7) is 6.45. The Hall–Kier alpha value is -1.35. The first-order valence-corrected chi connectivity index (χ1v) is 5.10. The SMILES string of the molecule is CC(C)(C)n1ncc2cc(CO)ccc21. The summed E-state index contributed by atoms with van der Waals surface area (Å²) >= 11 is 0. The minimum absolute atomic E-state index is 0.0114. The first-order valence-electron chi connectivity index (χ1n) is 5.10. The molecule has 0 unspecified atom stereocenters. The quantitative estimate of drug-likeness (QED) is 0.774. The molecule has 0 atom stereocenters. The third kappa shape index (κ3) is 1.75. The van der Waals surface area contributed by atoms with Crippen molar-refractivity contribution in [2.75, 3.05) is 0 Å². The van der Waals surface area contributed by atoms with E-state index in [9.17, 15) is 0 Å². The van der Waals surface area contributed by atoms with E-state index in [1.54, 1.807) is 0 Å². The van der Waals surface area contributed by atoms with E-state index in [0.29, 0.717) is 0 Å². The van der Waals surface area contributed by atoms with E-state index in [0.717, 1.165) is 16.5 Å². The normalized spacial score (nSPS) is 12.3. The Balaban J connectivity index is 2.62. The van der Waals surface area contributed by atoms with Gasteiger partial charge >= 0.3 is 0 Å². The first-order chi connectivity index (χ1) is 7.02. The fraction of sp³-hybridized carbons (Fsp3) is 0.417. The van der Waals surface area contributed by atoms with Crippen LogP contribution in [0.15, 0.2) is 24.4 Å². The van der Waals surface area contributed by atoms with Crippen molar-refractivity contribution < 1.29 is 5.11 Å². The monoisotopic (exact) mass is 204 g/mol. The smallest absolute Gasteiger partial charge is 0.0688 e. The van der Waals surface area contributed by atoms with Crippen molar-refractivity contribution in [1.82, 2.24) is 9.78 Å². The number of hydrogen-bond acceptors (Lipinski definition) is 2. The molecule has 15 heavy (non-hydrogen) atoms. The average molecular weight is 204 g/mol. The van der Waals surface area contributed by atoms with E-state index in [1.807, 2.05) is 29.1 Å². The van der Waals surface area contributed by atoms with Gasteiger partial charge in [-0.1, -0.05) is 6.07 Å². The molecule has 0 aliphatic heterocycles. The number of fused-ring (bicyclic) bond motifs is 1. The summed E-state index contributed by atoms with van der Waals surface area (Å²) in [4.78, 5) is 0. The summed E-state index contributed by atoms with van der Waals surface area (Å²) in [5.74, 6) is 0. The number of nitrogens with zero attached hydrogens (tertiary/aromatic N) is 2. The second kappa shape index (κ2) is 3.35. The molecule has 0 saturated carbocycles. The molecular weight excluding hydrogens is 188 g/mol. The van der Waals surface area contributed by atoms with Gasteiger partial charge in [-0.3, -0.25) is 4.68 Å². The van der Waals surface area contributed by atoms with Gasteiger partial charge in [0.2, 0.25) is 0 Å². The molecule has 0 fully saturated rings. The second-order valence-corrected chi connectivity index (χ2v) is 4.78. The van der Waals surface area contributed by atoms with Crippen LogP contribution in [0.1, 0.15) is 26.3 Å². The van der Waals surface area contributed by atoms with Crippen molar-refractivity contribution in [3.8, 4) is 0 Å². The van der Waals surface area contributed by atoms with Crippen molar-refractivity contribution in [3.63, 3.8) is 0 Å². The van der Waals surface area contributed by atoms with Crippen LogP contribution in [-0.2, 0) is 12.1 Å². The zero-order chi connectivity index (χ0) is 11.1. The molecule has 2 rings (SSSR count). The number of rotatable bonds is 1. The van der Waals surface area contributed by atoms with Gasteiger partial charge < -0.3 is 5.11 Å². The highest BCUT2D eigenvalue weighted by Gasteiger charge is 2.16. The summed E-state index contributed by atoms with van der Waals surface area (Å²) in [6, 6.07) is 5.93. The van der Waals surface area contributed by atoms with Crippen LogP contribution in [0.25, 0.3) is 10.9 Å². The van der Waals surface area contributed by atoms with Crippen LogP contribution in [0, 0.1) is 0 Å². The number of hydrogen-bond donors (Lipinski definition) is 1. The average Bonchev–Trinajstić information content (AvgIpc) is 2.59. The third-order valence-corrected chi connectivity index (χ3v) is 2.45. The maximum Gasteiger partial charge on any atom is 0.0688 e. The molecule has 3 nitrogen and oxygen atoms in total. The van der Waals surface area contributed by atoms with Crippen LogP contribution in [0.3, 0.4) is 0 Å². The Morgan fingerprint density at radius 1 is 1.33 bits per heavy atom. The summed E-state index contributed by atoms with van der Waals surface area (Å²) in [5, 5.41) is 14.5. The lowest BCUT2D eigenvalue weighted by atomic mass is 10.1. The van der Waals surface area contributed by atoms with Gasteiger partial charge in [0.25, 0.3) is 0 Å². The van der Waals surface area contributed by atoms with E-state index >= 15 is 0 Å². The van der Waals surface area contributed by atoms with Crippen molar-refractivity contribution in [3.05, 3.63) is 30.0 Å². The van der Waals surface area contributed by atoms with Gasteiger partial charge in [0, 0.05) is 5.39 Å². The molecule has 0 aliphatic rings. The molecule has 1 aromatic heterocycles. The minimum Gasteiger partial charge on any atom is -0.392 e. The largest absolute Gasteiger partial charge is 0.392 e. The predicted octanol–water partition coefficient (Wildman–Crippen LogP) is 2.28. The highest BCUT2D eigenvalue weighted by Crippen LogP contribution is 2.22. The molecule has 1 aromatic carbocycles. The van der Waals surface area contributed by atoms with Crippen LogP contribution < -0.4 is 0 Å².